The topological polar surface area (TPSA) is 12.0 Å². The Kier molecular flexibility index (Phi) is 6.91. The van der Waals surface area contributed by atoms with Crippen LogP contribution >= 0.6 is 23.1 Å². The number of hydrogen-bond acceptors (Lipinski definition) is 3. The van der Waals surface area contributed by atoms with Crippen molar-refractivity contribution in [3.63, 3.8) is 0 Å². The molecule has 1 atom stereocenters. The van der Waals surface area contributed by atoms with Crippen molar-refractivity contribution in [2.75, 3.05) is 18.1 Å². The molecule has 1 unspecified atom stereocenters. The predicted molar refractivity (Wildman–Crippen MR) is 95.2 cm³/mol. The van der Waals surface area contributed by atoms with Crippen molar-refractivity contribution in [3.8, 4) is 0 Å². The number of thiophene rings is 1. The number of thioether (sulfide) groups is 1. The molecule has 2 rings (SSSR count). The molecule has 110 valence electrons. The zero-order chi connectivity index (χ0) is 14.2. The van der Waals surface area contributed by atoms with Crippen LogP contribution in [0.1, 0.15) is 32.3 Å². The standard InChI is InChI=1S/C17H25NS2/c1-3-9-18-15(13-19-10-4-2)11-14-12-20-17-8-6-5-7-16(14)17/h5-8,12,15,18H,3-4,9-11,13H2,1-2H3. The second-order valence-electron chi connectivity index (χ2n) is 5.19. The lowest BCUT2D eigenvalue weighted by molar-refractivity contribution is 0.552. The average Bonchev–Trinajstić information content (AvgIpc) is 2.88. The minimum absolute atomic E-state index is 0.601. The number of fused-ring (bicyclic) bond motifs is 1. The van der Waals surface area contributed by atoms with Crippen molar-refractivity contribution >= 4 is 33.2 Å². The normalized spacial score (nSPS) is 12.9. The van der Waals surface area contributed by atoms with Gasteiger partial charge in [0.2, 0.25) is 0 Å². The summed E-state index contributed by atoms with van der Waals surface area (Å²) in [5.74, 6) is 2.49. The molecule has 0 saturated heterocycles. The SMILES string of the molecule is CCCNC(CSCCC)Cc1csc2ccccc12. The maximum atomic E-state index is 3.72. The summed E-state index contributed by atoms with van der Waals surface area (Å²) >= 11 is 3.95. The smallest absolute Gasteiger partial charge is 0.0345 e. The molecule has 0 radical (unpaired) electrons. The third-order valence-corrected chi connectivity index (χ3v) is 5.73. The van der Waals surface area contributed by atoms with Gasteiger partial charge in [-0.25, -0.2) is 0 Å². The lowest BCUT2D eigenvalue weighted by Gasteiger charge is -2.18. The zero-order valence-corrected chi connectivity index (χ0v) is 14.2. The molecule has 1 aromatic carbocycles. The first-order valence-corrected chi connectivity index (χ1v) is 9.64. The second-order valence-corrected chi connectivity index (χ2v) is 7.25. The number of rotatable bonds is 9. The minimum atomic E-state index is 0.601. The fourth-order valence-electron chi connectivity index (χ4n) is 2.36. The van der Waals surface area contributed by atoms with E-state index in [4.69, 9.17) is 0 Å². The van der Waals surface area contributed by atoms with E-state index in [1.165, 1.54) is 40.0 Å². The zero-order valence-electron chi connectivity index (χ0n) is 12.5. The Bertz CT molecular complexity index is 506. The van der Waals surface area contributed by atoms with Gasteiger partial charge in [-0.2, -0.15) is 11.8 Å². The van der Waals surface area contributed by atoms with E-state index in [0.717, 1.165) is 13.0 Å². The first-order valence-electron chi connectivity index (χ1n) is 7.61. The van der Waals surface area contributed by atoms with E-state index in [9.17, 15) is 0 Å². The third-order valence-electron chi connectivity index (χ3n) is 3.38. The van der Waals surface area contributed by atoms with E-state index in [-0.39, 0.29) is 0 Å². The molecule has 1 aromatic heterocycles. The summed E-state index contributed by atoms with van der Waals surface area (Å²) < 4.78 is 1.41. The van der Waals surface area contributed by atoms with Crippen LogP contribution in [0.2, 0.25) is 0 Å². The van der Waals surface area contributed by atoms with Gasteiger partial charge in [-0.15, -0.1) is 11.3 Å². The van der Waals surface area contributed by atoms with Crippen LogP contribution in [0.3, 0.4) is 0 Å². The maximum absolute atomic E-state index is 3.72. The van der Waals surface area contributed by atoms with Gasteiger partial charge in [0, 0.05) is 16.5 Å². The Balaban J connectivity index is 2.01. The summed E-state index contributed by atoms with van der Waals surface area (Å²) in [5.41, 5.74) is 1.51. The van der Waals surface area contributed by atoms with Gasteiger partial charge in [0.1, 0.15) is 0 Å². The van der Waals surface area contributed by atoms with E-state index in [1.54, 1.807) is 0 Å². The third kappa shape index (κ3) is 4.51. The van der Waals surface area contributed by atoms with Crippen molar-refractivity contribution in [3.05, 3.63) is 35.2 Å². The molecule has 0 fully saturated rings. The summed E-state index contributed by atoms with van der Waals surface area (Å²) in [6.45, 7) is 5.62. The number of benzene rings is 1. The van der Waals surface area contributed by atoms with E-state index >= 15 is 0 Å². The van der Waals surface area contributed by atoms with Crippen molar-refractivity contribution < 1.29 is 0 Å². The average molecular weight is 308 g/mol. The Morgan fingerprint density at radius 1 is 1.20 bits per heavy atom. The molecule has 0 spiro atoms. The van der Waals surface area contributed by atoms with Crippen molar-refractivity contribution in [2.24, 2.45) is 0 Å². The molecule has 0 bridgehead atoms. The minimum Gasteiger partial charge on any atom is -0.313 e. The summed E-state index contributed by atoms with van der Waals surface area (Å²) in [5, 5.41) is 7.50. The maximum Gasteiger partial charge on any atom is 0.0345 e. The van der Waals surface area contributed by atoms with Gasteiger partial charge < -0.3 is 5.32 Å². The Morgan fingerprint density at radius 2 is 2.05 bits per heavy atom. The molecular weight excluding hydrogens is 282 g/mol. The Hall–Kier alpha value is -0.510. The Labute approximate surface area is 131 Å². The molecule has 0 aliphatic carbocycles. The van der Waals surface area contributed by atoms with Crippen LogP contribution in [0, 0.1) is 0 Å². The highest BCUT2D eigenvalue weighted by molar-refractivity contribution is 7.99. The quantitative estimate of drug-likeness (QED) is 0.657. The van der Waals surface area contributed by atoms with Gasteiger partial charge in [-0.1, -0.05) is 32.0 Å². The van der Waals surface area contributed by atoms with Gasteiger partial charge in [0.05, 0.1) is 0 Å². The summed E-state index contributed by atoms with van der Waals surface area (Å²) in [7, 11) is 0. The van der Waals surface area contributed by atoms with Gasteiger partial charge in [-0.05, 0) is 54.0 Å². The summed E-state index contributed by atoms with van der Waals surface area (Å²) in [6.07, 6.45) is 3.63. The molecular formula is C17H25NS2. The van der Waals surface area contributed by atoms with Gasteiger partial charge >= 0.3 is 0 Å². The second kappa shape index (κ2) is 8.71. The molecule has 2 aromatic rings. The van der Waals surface area contributed by atoms with E-state index in [1.807, 2.05) is 11.3 Å². The molecule has 20 heavy (non-hydrogen) atoms. The lowest BCUT2D eigenvalue weighted by atomic mass is 10.1. The molecule has 0 amide bonds. The van der Waals surface area contributed by atoms with Crippen LogP contribution in [0.5, 0.6) is 0 Å². The van der Waals surface area contributed by atoms with E-state index in [0.29, 0.717) is 6.04 Å². The summed E-state index contributed by atoms with van der Waals surface area (Å²) in [4.78, 5) is 0. The monoisotopic (exact) mass is 307 g/mol. The molecule has 1 nitrogen and oxygen atoms in total. The predicted octanol–water partition coefficient (Wildman–Crippen LogP) is 4.96. The highest BCUT2D eigenvalue weighted by Gasteiger charge is 2.12. The number of hydrogen-bond donors (Lipinski definition) is 1. The largest absolute Gasteiger partial charge is 0.313 e. The first kappa shape index (κ1) is 15.9. The van der Waals surface area contributed by atoms with Crippen LogP contribution in [0.4, 0.5) is 0 Å². The highest BCUT2D eigenvalue weighted by atomic mass is 32.2. The van der Waals surface area contributed by atoms with Crippen LogP contribution in [0.15, 0.2) is 29.6 Å². The van der Waals surface area contributed by atoms with Crippen molar-refractivity contribution in [1.29, 1.82) is 0 Å². The molecule has 3 heteroatoms. The highest BCUT2D eigenvalue weighted by Crippen LogP contribution is 2.27. The fraction of sp³-hybridized carbons (Fsp3) is 0.529. The van der Waals surface area contributed by atoms with E-state index in [2.05, 4.69) is 60.6 Å². The lowest BCUT2D eigenvalue weighted by Crippen LogP contribution is -2.34. The summed E-state index contributed by atoms with van der Waals surface area (Å²) in [6, 6.07) is 9.37. The van der Waals surface area contributed by atoms with Crippen LogP contribution in [-0.4, -0.2) is 24.1 Å². The molecule has 0 aliphatic heterocycles. The van der Waals surface area contributed by atoms with Crippen LogP contribution in [-0.2, 0) is 6.42 Å². The van der Waals surface area contributed by atoms with Gasteiger partial charge in [0.15, 0.2) is 0 Å². The van der Waals surface area contributed by atoms with Gasteiger partial charge in [-0.3, -0.25) is 0 Å². The van der Waals surface area contributed by atoms with Crippen molar-refractivity contribution in [1.82, 2.24) is 5.32 Å². The molecule has 1 heterocycles. The van der Waals surface area contributed by atoms with Crippen molar-refractivity contribution in [2.45, 2.75) is 39.2 Å². The van der Waals surface area contributed by atoms with Gasteiger partial charge in [0.25, 0.3) is 0 Å². The molecule has 0 saturated carbocycles. The Morgan fingerprint density at radius 3 is 2.85 bits per heavy atom. The van der Waals surface area contributed by atoms with Crippen LogP contribution in [0.25, 0.3) is 10.1 Å². The first-order chi connectivity index (χ1) is 9.85. The van der Waals surface area contributed by atoms with E-state index < -0.39 is 0 Å². The fourth-order valence-corrected chi connectivity index (χ4v) is 4.32. The van der Waals surface area contributed by atoms with Crippen LogP contribution < -0.4 is 5.32 Å². The molecule has 0 aliphatic rings. The number of nitrogens with one attached hydrogen (secondary N) is 1. The molecule has 1 N–H and O–H groups in total.